The van der Waals surface area contributed by atoms with E-state index in [2.05, 4.69) is 5.32 Å². The summed E-state index contributed by atoms with van der Waals surface area (Å²) in [6.07, 6.45) is 3.20. The van der Waals surface area contributed by atoms with Gasteiger partial charge >= 0.3 is 5.97 Å². The minimum atomic E-state index is -3.40. The van der Waals surface area contributed by atoms with Gasteiger partial charge in [-0.1, -0.05) is 13.8 Å². The summed E-state index contributed by atoms with van der Waals surface area (Å²) in [5, 5.41) is 7.37. The van der Waals surface area contributed by atoms with Crippen molar-refractivity contribution in [3.8, 4) is 0 Å². The van der Waals surface area contributed by atoms with Gasteiger partial charge in [-0.05, 0) is 69.2 Å². The largest absolute Gasteiger partial charge is 0.462 e. The second-order valence-electron chi connectivity index (χ2n) is 10.6. The van der Waals surface area contributed by atoms with E-state index in [-0.39, 0.29) is 28.7 Å². The molecule has 4 rings (SSSR count). The number of hydrogen-bond acceptors (Lipinski definition) is 7. The molecule has 10 heteroatoms. The van der Waals surface area contributed by atoms with Crippen molar-refractivity contribution in [2.45, 2.75) is 70.1 Å². The zero-order valence-electron chi connectivity index (χ0n) is 22.1. The van der Waals surface area contributed by atoms with Gasteiger partial charge in [0.25, 0.3) is 5.91 Å². The highest BCUT2D eigenvalue weighted by atomic mass is 32.2. The number of esters is 1. The number of carbonyl (C=O) groups excluding carboxylic acids is 2. The van der Waals surface area contributed by atoms with E-state index in [1.54, 1.807) is 13.8 Å². The van der Waals surface area contributed by atoms with Crippen LogP contribution in [0.3, 0.4) is 0 Å². The summed E-state index contributed by atoms with van der Waals surface area (Å²) < 4.78 is 37.7. The van der Waals surface area contributed by atoms with Crippen molar-refractivity contribution in [2.75, 3.05) is 26.4 Å². The fourth-order valence-electron chi connectivity index (χ4n) is 5.03. The van der Waals surface area contributed by atoms with Crippen LogP contribution in [0.5, 0.6) is 0 Å². The molecular weight excluding hydrogens is 494 g/mol. The van der Waals surface area contributed by atoms with Crippen molar-refractivity contribution < 1.29 is 27.5 Å². The molecule has 1 N–H and O–H groups in total. The number of fused-ring (bicyclic) bond motifs is 1. The van der Waals surface area contributed by atoms with Gasteiger partial charge in [0, 0.05) is 32.2 Å². The highest BCUT2D eigenvalue weighted by molar-refractivity contribution is 7.92. The third-order valence-electron chi connectivity index (χ3n) is 7.43. The summed E-state index contributed by atoms with van der Waals surface area (Å²) in [7, 11) is -3.40. The van der Waals surface area contributed by atoms with Crippen LogP contribution >= 0.6 is 0 Å². The van der Waals surface area contributed by atoms with Crippen LogP contribution in [-0.4, -0.2) is 61.7 Å². The first-order chi connectivity index (χ1) is 17.6. The van der Waals surface area contributed by atoms with Gasteiger partial charge in [0.05, 0.1) is 39.3 Å². The highest BCUT2D eigenvalue weighted by Gasteiger charge is 2.39. The second kappa shape index (κ2) is 10.9. The minimum Gasteiger partial charge on any atom is -0.462 e. The molecule has 202 valence electrons. The SMILES string of the molecule is CCc1nn(C[C@@H](C)COC(=O)c2ccc(S(=O)(=O)C(C)C)cc2)c2c1C(=O)NCC1(CCOCC1)C2. The number of benzene rings is 1. The Balaban J connectivity index is 1.45. The Morgan fingerprint density at radius 1 is 1.19 bits per heavy atom. The van der Waals surface area contributed by atoms with Crippen molar-refractivity contribution in [3.05, 3.63) is 46.8 Å². The molecule has 0 saturated carbocycles. The van der Waals surface area contributed by atoms with Crippen molar-refractivity contribution in [2.24, 2.45) is 11.3 Å². The topological polar surface area (TPSA) is 117 Å². The van der Waals surface area contributed by atoms with E-state index in [1.807, 2.05) is 18.5 Å². The van der Waals surface area contributed by atoms with Gasteiger partial charge in [-0.2, -0.15) is 5.10 Å². The number of sulfone groups is 1. The average molecular weight is 532 g/mol. The Bertz CT molecular complexity index is 1240. The number of nitrogens with one attached hydrogen (secondary N) is 1. The summed E-state index contributed by atoms with van der Waals surface area (Å²) in [5.74, 6) is -0.618. The summed E-state index contributed by atoms with van der Waals surface area (Å²) >= 11 is 0. The van der Waals surface area contributed by atoms with E-state index in [1.165, 1.54) is 24.3 Å². The molecule has 0 aliphatic carbocycles. The van der Waals surface area contributed by atoms with Gasteiger partial charge in [-0.3, -0.25) is 9.48 Å². The van der Waals surface area contributed by atoms with E-state index in [9.17, 15) is 18.0 Å². The van der Waals surface area contributed by atoms with Gasteiger partial charge in [0.1, 0.15) is 0 Å². The summed E-state index contributed by atoms with van der Waals surface area (Å²) in [6, 6.07) is 5.85. The molecule has 2 aliphatic rings. The Morgan fingerprint density at radius 3 is 2.49 bits per heavy atom. The summed E-state index contributed by atoms with van der Waals surface area (Å²) in [5.41, 5.74) is 2.69. The first kappa shape index (κ1) is 27.3. The first-order valence-electron chi connectivity index (χ1n) is 13.0. The second-order valence-corrected chi connectivity index (χ2v) is 13.1. The molecule has 0 radical (unpaired) electrons. The number of carbonyl (C=O) groups is 2. The van der Waals surface area contributed by atoms with E-state index in [0.29, 0.717) is 43.9 Å². The maximum absolute atomic E-state index is 13.0. The number of ether oxygens (including phenoxy) is 2. The van der Waals surface area contributed by atoms with Gasteiger partial charge in [-0.15, -0.1) is 0 Å². The van der Waals surface area contributed by atoms with Crippen molar-refractivity contribution in [1.82, 2.24) is 15.1 Å². The molecule has 9 nitrogen and oxygen atoms in total. The molecule has 2 aromatic rings. The van der Waals surface area contributed by atoms with E-state index < -0.39 is 21.1 Å². The van der Waals surface area contributed by atoms with Crippen LogP contribution in [0.15, 0.2) is 29.2 Å². The Kier molecular flexibility index (Phi) is 8.08. The molecule has 1 atom stereocenters. The van der Waals surface area contributed by atoms with E-state index in [4.69, 9.17) is 14.6 Å². The standard InChI is InChI=1S/C27H37N3O6S/c1-5-22-24-23(14-27(17-28-25(24)31)10-12-35-13-11-27)30(29-22)15-19(4)16-36-26(32)20-6-8-21(9-7-20)37(33,34)18(2)3/h6-9,18-19H,5,10-17H2,1-4H3,(H,28,31)/t19-/m1/s1. The van der Waals surface area contributed by atoms with Crippen LogP contribution in [0.1, 0.15) is 72.6 Å². The molecule has 0 bridgehead atoms. The third kappa shape index (κ3) is 5.75. The molecule has 37 heavy (non-hydrogen) atoms. The number of nitrogens with zero attached hydrogens (tertiary/aromatic N) is 2. The summed E-state index contributed by atoms with van der Waals surface area (Å²) in [6.45, 7) is 9.93. The molecule has 1 amide bonds. The number of hydrogen-bond donors (Lipinski definition) is 1. The molecule has 1 saturated heterocycles. The van der Waals surface area contributed by atoms with Crippen LogP contribution in [0.4, 0.5) is 0 Å². The van der Waals surface area contributed by atoms with Crippen LogP contribution in [0, 0.1) is 11.3 Å². The number of aromatic nitrogens is 2. The zero-order valence-corrected chi connectivity index (χ0v) is 22.9. The predicted molar refractivity (Wildman–Crippen MR) is 138 cm³/mol. The van der Waals surface area contributed by atoms with Crippen LogP contribution in [-0.2, 0) is 38.7 Å². The fourth-order valence-corrected chi connectivity index (χ4v) is 6.09. The third-order valence-corrected chi connectivity index (χ3v) is 9.61. The van der Waals surface area contributed by atoms with Crippen LogP contribution < -0.4 is 5.32 Å². The van der Waals surface area contributed by atoms with E-state index >= 15 is 0 Å². The molecule has 1 aromatic heterocycles. The van der Waals surface area contributed by atoms with Gasteiger partial charge in [0.15, 0.2) is 9.84 Å². The molecule has 2 aliphatic heterocycles. The Labute approximate surface area is 218 Å². The van der Waals surface area contributed by atoms with Crippen molar-refractivity contribution >= 4 is 21.7 Å². The monoisotopic (exact) mass is 531 g/mol. The molecule has 1 aromatic carbocycles. The van der Waals surface area contributed by atoms with E-state index in [0.717, 1.165) is 30.7 Å². The minimum absolute atomic E-state index is 0.0349. The summed E-state index contributed by atoms with van der Waals surface area (Å²) in [4.78, 5) is 25.8. The van der Waals surface area contributed by atoms with Gasteiger partial charge in [0.2, 0.25) is 0 Å². The highest BCUT2D eigenvalue weighted by Crippen LogP contribution is 2.37. The lowest BCUT2D eigenvalue weighted by molar-refractivity contribution is 0.0151. The number of rotatable bonds is 8. The predicted octanol–water partition coefficient (Wildman–Crippen LogP) is 3.20. The fraction of sp³-hybridized carbons (Fsp3) is 0.593. The molecule has 1 fully saturated rings. The lowest BCUT2D eigenvalue weighted by Crippen LogP contribution is -2.41. The molecule has 0 unspecified atom stereocenters. The smallest absolute Gasteiger partial charge is 0.338 e. The Morgan fingerprint density at radius 2 is 1.86 bits per heavy atom. The van der Waals surface area contributed by atoms with Crippen LogP contribution in [0.2, 0.25) is 0 Å². The maximum atomic E-state index is 13.0. The Hall–Kier alpha value is -2.72. The molecule has 1 spiro atoms. The van der Waals surface area contributed by atoms with Gasteiger partial charge in [-0.25, -0.2) is 13.2 Å². The van der Waals surface area contributed by atoms with Crippen molar-refractivity contribution in [1.29, 1.82) is 0 Å². The van der Waals surface area contributed by atoms with Crippen molar-refractivity contribution in [3.63, 3.8) is 0 Å². The number of aryl methyl sites for hydroxylation is 1. The number of amides is 1. The molecule has 3 heterocycles. The zero-order chi connectivity index (χ0) is 26.8. The van der Waals surface area contributed by atoms with Crippen LogP contribution in [0.25, 0.3) is 0 Å². The van der Waals surface area contributed by atoms with Gasteiger partial charge < -0.3 is 14.8 Å². The maximum Gasteiger partial charge on any atom is 0.338 e. The first-order valence-corrected chi connectivity index (χ1v) is 14.6. The molecular formula is C27H37N3O6S. The normalized spacial score (nSPS) is 18.2. The lowest BCUT2D eigenvalue weighted by Gasteiger charge is -2.36. The quantitative estimate of drug-likeness (QED) is 0.520. The lowest BCUT2D eigenvalue weighted by atomic mass is 9.76. The average Bonchev–Trinajstić information content (AvgIpc) is 3.15.